The van der Waals surface area contributed by atoms with Crippen LogP contribution in [-0.2, 0) is 27.9 Å². The van der Waals surface area contributed by atoms with Gasteiger partial charge in [0.1, 0.15) is 0 Å². The maximum Gasteiger partial charge on any atom is 0.493 e. The van der Waals surface area contributed by atoms with Crippen molar-refractivity contribution < 1.29 is 27.9 Å². The first kappa shape index (κ1) is 13.8. The maximum absolute atomic E-state index is 5.59. The molecule has 3 heterocycles. The van der Waals surface area contributed by atoms with E-state index in [1.54, 1.807) is 0 Å². The fraction of sp³-hybridized carbons (Fsp3) is 0.500. The van der Waals surface area contributed by atoms with E-state index in [0.29, 0.717) is 39.6 Å². The van der Waals surface area contributed by atoms with Crippen molar-refractivity contribution in [2.24, 2.45) is 0 Å². The zero-order chi connectivity index (χ0) is 14.1. The molecule has 3 aliphatic rings. The number of rotatable bonds is 3. The highest BCUT2D eigenvalue weighted by Crippen LogP contribution is 2.05. The number of benzene rings is 1. The lowest BCUT2D eigenvalue weighted by molar-refractivity contribution is 0.365. The molecule has 3 fully saturated rings. The zero-order valence-electron chi connectivity index (χ0n) is 11.7. The predicted octanol–water partition coefficient (Wildman–Crippen LogP) is -2.09. The lowest BCUT2D eigenvalue weighted by Crippen LogP contribution is -2.46. The Kier molecular flexibility index (Phi) is 4.02. The van der Waals surface area contributed by atoms with Crippen molar-refractivity contribution in [3.8, 4) is 0 Å². The molecule has 3 saturated heterocycles. The van der Waals surface area contributed by atoms with Gasteiger partial charge in [-0.1, -0.05) is 18.2 Å². The summed E-state index contributed by atoms with van der Waals surface area (Å²) in [6.07, 6.45) is 0. The summed E-state index contributed by atoms with van der Waals surface area (Å²) in [5.74, 6) is 0. The molecule has 0 spiro atoms. The zero-order valence-corrected chi connectivity index (χ0v) is 11.7. The van der Waals surface area contributed by atoms with E-state index in [1.165, 1.54) is 0 Å². The van der Waals surface area contributed by atoms with E-state index in [4.69, 9.17) is 27.9 Å². The molecule has 1 aromatic carbocycles. The lowest BCUT2D eigenvalue weighted by atomic mass is 9.66. The van der Waals surface area contributed by atoms with Crippen LogP contribution < -0.4 is 16.4 Å². The maximum atomic E-state index is 5.59. The molecule has 0 unspecified atom stereocenters. The highest BCUT2D eigenvalue weighted by atomic mass is 16.6. The normalized spacial score (nSPS) is 22.6. The second-order valence-electron chi connectivity index (χ2n) is 5.15. The van der Waals surface area contributed by atoms with Crippen molar-refractivity contribution in [3.63, 3.8) is 0 Å². The van der Waals surface area contributed by atoms with Crippen molar-refractivity contribution in [1.82, 2.24) is 0 Å². The van der Waals surface area contributed by atoms with Gasteiger partial charge in [-0.25, -0.2) is 0 Å². The van der Waals surface area contributed by atoms with Crippen molar-refractivity contribution in [2.45, 2.75) is 0 Å². The van der Waals surface area contributed by atoms with Gasteiger partial charge in [-0.15, -0.1) is 0 Å². The standard InChI is InChI=1S/C12H15B3O6/c1-2-17-13(16-1)10-7-11(14-18-3-4-19-14)9-12(8-10)15-20-5-6-21-15/h7-9H,1-6H2. The molecule has 0 bridgehead atoms. The molecule has 4 rings (SSSR count). The Labute approximate surface area is 124 Å². The quantitative estimate of drug-likeness (QED) is 0.595. The molecular weight excluding hydrogens is 273 g/mol. The minimum absolute atomic E-state index is 0.341. The Hall–Kier alpha value is -0.825. The molecule has 21 heavy (non-hydrogen) atoms. The van der Waals surface area contributed by atoms with Gasteiger partial charge in [0.25, 0.3) is 0 Å². The van der Waals surface area contributed by atoms with Crippen LogP contribution in [0.2, 0.25) is 0 Å². The molecule has 108 valence electrons. The van der Waals surface area contributed by atoms with Crippen LogP contribution in [-0.4, -0.2) is 61.0 Å². The topological polar surface area (TPSA) is 55.4 Å². The van der Waals surface area contributed by atoms with Gasteiger partial charge in [0, 0.05) is 0 Å². The van der Waals surface area contributed by atoms with E-state index in [-0.39, 0.29) is 21.4 Å². The molecule has 0 amide bonds. The van der Waals surface area contributed by atoms with Crippen LogP contribution in [0.4, 0.5) is 0 Å². The summed E-state index contributed by atoms with van der Waals surface area (Å²) >= 11 is 0. The SMILES string of the molecule is c1c(B2OCCO2)cc(B2OCCO2)cc1B1OCCO1. The summed E-state index contributed by atoms with van der Waals surface area (Å²) in [4.78, 5) is 0. The smallest absolute Gasteiger partial charge is 0.405 e. The summed E-state index contributed by atoms with van der Waals surface area (Å²) in [5.41, 5.74) is 2.83. The van der Waals surface area contributed by atoms with Crippen LogP contribution in [0.25, 0.3) is 0 Å². The Bertz CT molecular complexity index is 414. The molecule has 9 heteroatoms. The minimum Gasteiger partial charge on any atom is -0.405 e. The van der Waals surface area contributed by atoms with E-state index in [0.717, 1.165) is 16.4 Å². The first-order valence-corrected chi connectivity index (χ1v) is 7.24. The first-order valence-electron chi connectivity index (χ1n) is 7.24. The monoisotopic (exact) mass is 288 g/mol. The molecule has 0 N–H and O–H groups in total. The van der Waals surface area contributed by atoms with Gasteiger partial charge >= 0.3 is 21.4 Å². The molecule has 6 nitrogen and oxygen atoms in total. The van der Waals surface area contributed by atoms with Gasteiger partial charge in [-0.2, -0.15) is 0 Å². The lowest BCUT2D eigenvalue weighted by Gasteiger charge is -2.13. The summed E-state index contributed by atoms with van der Waals surface area (Å²) in [6.45, 7) is 3.65. The van der Waals surface area contributed by atoms with Crippen LogP contribution in [0.15, 0.2) is 18.2 Å². The molecule has 3 aliphatic heterocycles. The van der Waals surface area contributed by atoms with E-state index < -0.39 is 0 Å². The summed E-state index contributed by atoms with van der Waals surface area (Å²) in [7, 11) is -1.02. The van der Waals surface area contributed by atoms with Crippen molar-refractivity contribution >= 4 is 37.7 Å². The molecular formula is C12H15B3O6. The third kappa shape index (κ3) is 2.90. The average molecular weight is 288 g/mol. The van der Waals surface area contributed by atoms with Crippen LogP contribution in [0.5, 0.6) is 0 Å². The predicted molar refractivity (Wildman–Crippen MR) is 78.3 cm³/mol. The fourth-order valence-corrected chi connectivity index (χ4v) is 2.76. The molecule has 0 atom stereocenters. The van der Waals surface area contributed by atoms with Gasteiger partial charge in [-0.05, 0) is 16.4 Å². The third-order valence-corrected chi connectivity index (χ3v) is 3.68. The summed E-state index contributed by atoms with van der Waals surface area (Å²) < 4.78 is 33.5. The number of hydrogen-bond donors (Lipinski definition) is 0. The Morgan fingerprint density at radius 3 is 0.952 bits per heavy atom. The van der Waals surface area contributed by atoms with Gasteiger partial charge in [0.2, 0.25) is 0 Å². The molecule has 1 aromatic rings. The van der Waals surface area contributed by atoms with E-state index in [2.05, 4.69) is 0 Å². The van der Waals surface area contributed by atoms with E-state index in [1.807, 2.05) is 18.2 Å². The molecule has 0 saturated carbocycles. The van der Waals surface area contributed by atoms with Gasteiger partial charge in [0.15, 0.2) is 0 Å². The fourth-order valence-electron chi connectivity index (χ4n) is 2.76. The molecule has 0 aliphatic carbocycles. The largest absolute Gasteiger partial charge is 0.493 e. The van der Waals surface area contributed by atoms with E-state index in [9.17, 15) is 0 Å². The highest BCUT2D eigenvalue weighted by Gasteiger charge is 2.34. The highest BCUT2D eigenvalue weighted by molar-refractivity contribution is 6.69. The van der Waals surface area contributed by atoms with Crippen LogP contribution in [0.3, 0.4) is 0 Å². The van der Waals surface area contributed by atoms with Crippen molar-refractivity contribution in [3.05, 3.63) is 18.2 Å². The second-order valence-corrected chi connectivity index (χ2v) is 5.15. The van der Waals surface area contributed by atoms with E-state index >= 15 is 0 Å². The Balaban J connectivity index is 1.67. The third-order valence-electron chi connectivity index (χ3n) is 3.68. The van der Waals surface area contributed by atoms with Gasteiger partial charge < -0.3 is 27.9 Å². The van der Waals surface area contributed by atoms with Crippen LogP contribution in [0.1, 0.15) is 0 Å². The minimum atomic E-state index is -0.341. The Morgan fingerprint density at radius 2 is 0.714 bits per heavy atom. The number of hydrogen-bond acceptors (Lipinski definition) is 6. The van der Waals surface area contributed by atoms with Crippen molar-refractivity contribution in [2.75, 3.05) is 39.6 Å². The second kappa shape index (κ2) is 6.12. The Morgan fingerprint density at radius 1 is 0.476 bits per heavy atom. The first-order chi connectivity index (χ1) is 10.4. The van der Waals surface area contributed by atoms with Crippen LogP contribution >= 0.6 is 0 Å². The van der Waals surface area contributed by atoms with Crippen molar-refractivity contribution in [1.29, 1.82) is 0 Å². The molecule has 0 aromatic heterocycles. The molecule has 0 radical (unpaired) electrons. The van der Waals surface area contributed by atoms with Gasteiger partial charge in [-0.3, -0.25) is 0 Å². The summed E-state index contributed by atoms with van der Waals surface area (Å²) in [6, 6.07) is 6.01. The average Bonchev–Trinajstić information content (AvgIpc) is 3.29. The van der Waals surface area contributed by atoms with Gasteiger partial charge in [0.05, 0.1) is 39.6 Å². The van der Waals surface area contributed by atoms with Crippen LogP contribution in [0, 0.1) is 0 Å². The summed E-state index contributed by atoms with van der Waals surface area (Å²) in [5, 5.41) is 0.